The lowest BCUT2D eigenvalue weighted by atomic mass is 10.2. The quantitative estimate of drug-likeness (QED) is 0.859. The highest BCUT2D eigenvalue weighted by molar-refractivity contribution is 7.93. The molecule has 18 heavy (non-hydrogen) atoms. The topological polar surface area (TPSA) is 69.2 Å². The van der Waals surface area contributed by atoms with Crippen molar-refractivity contribution in [3.05, 3.63) is 35.9 Å². The number of ether oxygens (including phenoxy) is 1. The highest BCUT2D eigenvalue weighted by Crippen LogP contribution is 2.30. The van der Waals surface area contributed by atoms with E-state index in [1.807, 2.05) is 18.2 Å². The zero-order valence-corrected chi connectivity index (χ0v) is 11.5. The van der Waals surface area contributed by atoms with Gasteiger partial charge in [0.2, 0.25) is 14.2 Å². The van der Waals surface area contributed by atoms with Crippen LogP contribution in [0, 0.1) is 0 Å². The molecule has 1 heterocycles. The lowest BCUT2D eigenvalue weighted by Gasteiger charge is -2.10. The van der Waals surface area contributed by atoms with Crippen LogP contribution in [0.15, 0.2) is 34.7 Å². The van der Waals surface area contributed by atoms with E-state index >= 15 is 0 Å². The van der Waals surface area contributed by atoms with Crippen molar-refractivity contribution >= 4 is 21.4 Å². The van der Waals surface area contributed by atoms with E-state index in [-0.39, 0.29) is 10.4 Å². The smallest absolute Gasteiger partial charge is 0.329 e. The molecule has 0 spiro atoms. The molecule has 0 aliphatic rings. The van der Waals surface area contributed by atoms with E-state index in [2.05, 4.69) is 9.36 Å². The third kappa shape index (κ3) is 2.37. The average molecular weight is 284 g/mol. The molecule has 1 atom stereocenters. The predicted octanol–water partition coefficient (Wildman–Crippen LogP) is 2.08. The number of hydrogen-bond acceptors (Lipinski definition) is 6. The van der Waals surface area contributed by atoms with E-state index in [0.717, 1.165) is 17.1 Å². The van der Waals surface area contributed by atoms with Crippen LogP contribution < -0.4 is 4.74 Å². The second-order valence-corrected chi connectivity index (χ2v) is 6.84. The summed E-state index contributed by atoms with van der Waals surface area (Å²) in [5.74, 6) is 0. The molecule has 0 amide bonds. The molecule has 1 unspecified atom stereocenters. The summed E-state index contributed by atoms with van der Waals surface area (Å²) in [5.41, 5.74) is 0.728. The van der Waals surface area contributed by atoms with Crippen LogP contribution in [0.25, 0.3) is 0 Å². The molecule has 0 bridgehead atoms. The molecule has 0 N–H and O–H groups in total. The average Bonchev–Trinajstić information content (AvgIpc) is 2.88. The minimum Gasteiger partial charge on any atom is -0.466 e. The maximum Gasteiger partial charge on any atom is 0.329 e. The van der Waals surface area contributed by atoms with Crippen LogP contribution in [0.3, 0.4) is 0 Å². The molecule has 2 rings (SSSR count). The van der Waals surface area contributed by atoms with Crippen LogP contribution in [-0.2, 0) is 9.84 Å². The van der Waals surface area contributed by atoms with Crippen molar-refractivity contribution in [1.82, 2.24) is 9.36 Å². The van der Waals surface area contributed by atoms with E-state index in [9.17, 15) is 8.42 Å². The van der Waals surface area contributed by atoms with Crippen LogP contribution in [0.1, 0.15) is 17.7 Å². The molecular weight excluding hydrogens is 272 g/mol. The van der Waals surface area contributed by atoms with Crippen LogP contribution >= 0.6 is 11.5 Å². The molecule has 0 aliphatic carbocycles. The number of hydrogen-bond donors (Lipinski definition) is 0. The number of nitrogens with zero attached hydrogens (tertiary/aromatic N) is 2. The van der Waals surface area contributed by atoms with Crippen LogP contribution in [0.4, 0.5) is 0 Å². The molecule has 0 fully saturated rings. The van der Waals surface area contributed by atoms with Crippen molar-refractivity contribution in [2.75, 3.05) is 7.11 Å². The van der Waals surface area contributed by atoms with E-state index in [0.29, 0.717) is 0 Å². The van der Waals surface area contributed by atoms with Gasteiger partial charge in [-0.25, -0.2) is 8.42 Å². The molecular formula is C11H12N2O3S2. The molecule has 0 saturated heterocycles. The highest BCUT2D eigenvalue weighted by Gasteiger charge is 2.28. The standard InChI is InChI=1S/C11H12N2O3S2/c1-8(9-6-4-3-5-7-9)18(14,15)11-12-10(16-2)13-17-11/h3-8H,1-2H3. The number of benzene rings is 1. The molecule has 96 valence electrons. The lowest BCUT2D eigenvalue weighted by Crippen LogP contribution is -2.10. The van der Waals surface area contributed by atoms with Gasteiger partial charge in [0.15, 0.2) is 0 Å². The van der Waals surface area contributed by atoms with Crippen molar-refractivity contribution < 1.29 is 13.2 Å². The van der Waals surface area contributed by atoms with Gasteiger partial charge in [-0.1, -0.05) is 30.3 Å². The summed E-state index contributed by atoms with van der Waals surface area (Å²) in [7, 11) is -2.11. The third-order valence-electron chi connectivity index (χ3n) is 2.55. The van der Waals surface area contributed by atoms with E-state index < -0.39 is 15.1 Å². The largest absolute Gasteiger partial charge is 0.466 e. The van der Waals surface area contributed by atoms with Gasteiger partial charge in [-0.3, -0.25) is 0 Å². The fourth-order valence-corrected chi connectivity index (χ4v) is 3.82. The first kappa shape index (κ1) is 13.0. The van der Waals surface area contributed by atoms with Gasteiger partial charge in [0.05, 0.1) is 12.4 Å². The summed E-state index contributed by atoms with van der Waals surface area (Å²) in [6.07, 6.45) is 0. The van der Waals surface area contributed by atoms with Gasteiger partial charge in [0.1, 0.15) is 0 Å². The molecule has 5 nitrogen and oxygen atoms in total. The first-order chi connectivity index (χ1) is 8.55. The minimum atomic E-state index is -3.52. The van der Waals surface area contributed by atoms with Gasteiger partial charge in [0.25, 0.3) is 0 Å². The van der Waals surface area contributed by atoms with Gasteiger partial charge in [-0.15, -0.1) is 4.37 Å². The first-order valence-electron chi connectivity index (χ1n) is 5.22. The highest BCUT2D eigenvalue weighted by atomic mass is 32.2. The number of sulfone groups is 1. The fourth-order valence-electron chi connectivity index (χ4n) is 1.45. The van der Waals surface area contributed by atoms with Gasteiger partial charge in [0, 0.05) is 11.5 Å². The lowest BCUT2D eigenvalue weighted by molar-refractivity contribution is 0.383. The number of aromatic nitrogens is 2. The van der Waals surface area contributed by atoms with Crippen LogP contribution in [0.2, 0.25) is 0 Å². The summed E-state index contributed by atoms with van der Waals surface area (Å²) < 4.78 is 33.2. The third-order valence-corrected chi connectivity index (χ3v) is 5.75. The number of methoxy groups -OCH3 is 1. The Morgan fingerprint density at radius 2 is 1.94 bits per heavy atom. The maximum absolute atomic E-state index is 12.3. The zero-order valence-electron chi connectivity index (χ0n) is 9.90. The molecule has 1 aromatic heterocycles. The van der Waals surface area contributed by atoms with E-state index in [1.165, 1.54) is 7.11 Å². The Morgan fingerprint density at radius 3 is 2.50 bits per heavy atom. The SMILES string of the molecule is COc1nsc(S(=O)(=O)C(C)c2ccccc2)n1. The number of rotatable bonds is 4. The monoisotopic (exact) mass is 284 g/mol. The molecule has 0 radical (unpaired) electrons. The van der Waals surface area contributed by atoms with Crippen molar-refractivity contribution in [2.24, 2.45) is 0 Å². The zero-order chi connectivity index (χ0) is 13.2. The minimum absolute atomic E-state index is 0.0179. The normalized spacial score (nSPS) is 13.2. The van der Waals surface area contributed by atoms with E-state index in [4.69, 9.17) is 4.74 Å². The second-order valence-electron chi connectivity index (χ2n) is 3.64. The van der Waals surface area contributed by atoms with Crippen molar-refractivity contribution in [3.8, 4) is 6.01 Å². The summed E-state index contributed by atoms with van der Waals surface area (Å²) >= 11 is 0.830. The van der Waals surface area contributed by atoms with Crippen molar-refractivity contribution in [2.45, 2.75) is 16.5 Å². The fraction of sp³-hybridized carbons (Fsp3) is 0.273. The summed E-state index contributed by atoms with van der Waals surface area (Å²) in [6, 6.07) is 9.10. The van der Waals surface area contributed by atoms with Crippen molar-refractivity contribution in [3.63, 3.8) is 0 Å². The van der Waals surface area contributed by atoms with Crippen molar-refractivity contribution in [1.29, 1.82) is 0 Å². The molecule has 7 heteroatoms. The van der Waals surface area contributed by atoms with Gasteiger partial charge >= 0.3 is 6.01 Å². The molecule has 0 saturated carbocycles. The van der Waals surface area contributed by atoms with E-state index in [1.54, 1.807) is 19.1 Å². The Hall–Kier alpha value is -1.47. The molecule has 1 aromatic carbocycles. The van der Waals surface area contributed by atoms with Gasteiger partial charge < -0.3 is 4.74 Å². The Labute approximate surface area is 110 Å². The summed E-state index contributed by atoms with van der Waals surface area (Å²) in [6.45, 7) is 1.64. The van der Waals surface area contributed by atoms with Gasteiger partial charge in [-0.05, 0) is 12.5 Å². The maximum atomic E-state index is 12.3. The van der Waals surface area contributed by atoms with Crippen LogP contribution in [0.5, 0.6) is 6.01 Å². The molecule has 2 aromatic rings. The Kier molecular flexibility index (Phi) is 3.63. The first-order valence-corrected chi connectivity index (χ1v) is 7.54. The Bertz CT molecular complexity index is 623. The second kappa shape index (κ2) is 5.03. The Balaban J connectivity index is 2.37. The predicted molar refractivity (Wildman–Crippen MR) is 68.5 cm³/mol. The van der Waals surface area contributed by atoms with Crippen LogP contribution in [-0.4, -0.2) is 24.9 Å². The molecule has 0 aliphatic heterocycles. The summed E-state index contributed by atoms with van der Waals surface area (Å²) in [4.78, 5) is 3.84. The Morgan fingerprint density at radius 1 is 1.28 bits per heavy atom. The summed E-state index contributed by atoms with van der Waals surface area (Å²) in [5, 5.41) is -0.656. The van der Waals surface area contributed by atoms with Gasteiger partial charge in [-0.2, -0.15) is 4.98 Å².